The van der Waals surface area contributed by atoms with Crippen molar-refractivity contribution >= 4 is 43.4 Å². The van der Waals surface area contributed by atoms with Gasteiger partial charge in [-0.15, -0.1) is 0 Å². The van der Waals surface area contributed by atoms with E-state index >= 15 is 0 Å². The van der Waals surface area contributed by atoms with Gasteiger partial charge in [-0.2, -0.15) is 5.10 Å². The molecule has 0 spiro atoms. The molecule has 4 atom stereocenters. The van der Waals surface area contributed by atoms with Gasteiger partial charge in [-0.3, -0.25) is 15.1 Å². The molecule has 1 saturated heterocycles. The number of carbonyl (C=O) groups excluding carboxylic acids is 1. The summed E-state index contributed by atoms with van der Waals surface area (Å²) in [5.41, 5.74) is 3.93. The minimum Gasteiger partial charge on any atom is -0.292 e. The summed E-state index contributed by atoms with van der Waals surface area (Å²) in [5.74, 6) is 0.119. The number of nitrogens with one attached hydrogen (secondary N) is 1. The first kappa shape index (κ1) is 20.6. The van der Waals surface area contributed by atoms with Crippen LogP contribution in [0.15, 0.2) is 94.5 Å². The highest BCUT2D eigenvalue weighted by atomic mass is 79.9. The van der Waals surface area contributed by atoms with E-state index in [-0.39, 0.29) is 28.9 Å². The van der Waals surface area contributed by atoms with Crippen LogP contribution in [0.3, 0.4) is 0 Å². The number of fused-ring (bicyclic) bond motifs is 1. The molecule has 5 rings (SSSR count). The molecular formula is C25H21Br2N3O. The lowest BCUT2D eigenvalue weighted by Gasteiger charge is -2.42. The van der Waals surface area contributed by atoms with Gasteiger partial charge >= 0.3 is 0 Å². The average molecular weight is 539 g/mol. The van der Waals surface area contributed by atoms with Gasteiger partial charge in [0.15, 0.2) is 5.78 Å². The van der Waals surface area contributed by atoms with Crippen molar-refractivity contribution in [2.75, 3.05) is 0 Å². The second-order valence-corrected chi connectivity index (χ2v) is 9.74. The van der Waals surface area contributed by atoms with E-state index in [1.807, 2.05) is 60.7 Å². The lowest BCUT2D eigenvalue weighted by Crippen LogP contribution is -2.58. The van der Waals surface area contributed by atoms with E-state index in [2.05, 4.69) is 66.5 Å². The fourth-order valence-corrected chi connectivity index (χ4v) is 5.54. The third kappa shape index (κ3) is 4.00. The van der Waals surface area contributed by atoms with Crippen molar-refractivity contribution < 1.29 is 4.79 Å². The summed E-state index contributed by atoms with van der Waals surface area (Å²) in [6.07, 6.45) is 0.525. The third-order valence-corrected chi connectivity index (χ3v) is 7.30. The first-order chi connectivity index (χ1) is 15.1. The SMILES string of the molecule is O=C(c1ccccc1)C1CC(c2cccc(Br)c2)N2N=C(c3ccccc3)C(Br)C2N1. The molecule has 4 unspecified atom stereocenters. The number of nitrogens with zero attached hydrogens (tertiary/aromatic N) is 2. The summed E-state index contributed by atoms with van der Waals surface area (Å²) in [7, 11) is 0. The van der Waals surface area contributed by atoms with Gasteiger partial charge in [0.1, 0.15) is 6.17 Å². The lowest BCUT2D eigenvalue weighted by molar-refractivity contribution is 0.0563. The molecule has 2 aliphatic rings. The number of alkyl halides is 1. The van der Waals surface area contributed by atoms with Crippen molar-refractivity contribution in [1.82, 2.24) is 10.3 Å². The van der Waals surface area contributed by atoms with Crippen molar-refractivity contribution in [2.24, 2.45) is 5.10 Å². The number of hydrazone groups is 1. The highest BCUT2D eigenvalue weighted by molar-refractivity contribution is 9.10. The molecule has 156 valence electrons. The van der Waals surface area contributed by atoms with Gasteiger partial charge in [0.2, 0.25) is 0 Å². The largest absolute Gasteiger partial charge is 0.292 e. The summed E-state index contributed by atoms with van der Waals surface area (Å²) < 4.78 is 1.02. The molecule has 6 heteroatoms. The van der Waals surface area contributed by atoms with Crippen LogP contribution in [0.2, 0.25) is 0 Å². The smallest absolute Gasteiger partial charge is 0.179 e. The summed E-state index contributed by atoms with van der Waals surface area (Å²) in [5, 5.41) is 10.7. The van der Waals surface area contributed by atoms with Gasteiger partial charge in [0, 0.05) is 10.0 Å². The Balaban J connectivity index is 1.53. The summed E-state index contributed by atoms with van der Waals surface area (Å²) >= 11 is 7.47. The molecule has 0 saturated carbocycles. The molecule has 1 fully saturated rings. The van der Waals surface area contributed by atoms with Gasteiger partial charge in [-0.05, 0) is 29.7 Å². The maximum atomic E-state index is 13.3. The van der Waals surface area contributed by atoms with Crippen LogP contribution in [-0.2, 0) is 0 Å². The molecule has 0 aromatic heterocycles. The third-order valence-electron chi connectivity index (χ3n) is 5.87. The molecule has 0 aliphatic carbocycles. The zero-order valence-electron chi connectivity index (χ0n) is 16.7. The molecule has 0 amide bonds. The summed E-state index contributed by atoms with van der Waals surface area (Å²) in [4.78, 5) is 13.3. The number of benzene rings is 3. The van der Waals surface area contributed by atoms with E-state index in [1.165, 1.54) is 0 Å². The number of Topliss-reactive ketones (excluding diaryl/α,β-unsaturated/α-hetero) is 1. The number of hydrogen-bond acceptors (Lipinski definition) is 4. The molecule has 2 heterocycles. The van der Waals surface area contributed by atoms with Crippen LogP contribution in [0.1, 0.15) is 33.9 Å². The second-order valence-electron chi connectivity index (χ2n) is 7.83. The maximum Gasteiger partial charge on any atom is 0.179 e. The Hall–Kier alpha value is -2.28. The number of halogens is 2. The summed E-state index contributed by atoms with van der Waals surface area (Å²) in [6.45, 7) is 0. The van der Waals surface area contributed by atoms with Gasteiger partial charge in [0.05, 0.1) is 22.6 Å². The molecule has 3 aromatic carbocycles. The molecule has 31 heavy (non-hydrogen) atoms. The zero-order chi connectivity index (χ0) is 21.4. The van der Waals surface area contributed by atoms with E-state index in [0.29, 0.717) is 6.42 Å². The van der Waals surface area contributed by atoms with E-state index in [4.69, 9.17) is 5.10 Å². The van der Waals surface area contributed by atoms with Crippen LogP contribution in [0, 0.1) is 0 Å². The van der Waals surface area contributed by atoms with Gasteiger partial charge in [-0.1, -0.05) is 105 Å². The number of ketones is 1. The van der Waals surface area contributed by atoms with E-state index < -0.39 is 0 Å². The Morgan fingerprint density at radius 1 is 0.968 bits per heavy atom. The summed E-state index contributed by atoms with van der Waals surface area (Å²) in [6, 6.07) is 27.7. The van der Waals surface area contributed by atoms with Crippen molar-refractivity contribution in [3.63, 3.8) is 0 Å². The predicted molar refractivity (Wildman–Crippen MR) is 131 cm³/mol. The quantitative estimate of drug-likeness (QED) is 0.350. The van der Waals surface area contributed by atoms with Crippen LogP contribution < -0.4 is 5.32 Å². The Kier molecular flexibility index (Phi) is 5.78. The van der Waals surface area contributed by atoms with Crippen LogP contribution in [0.5, 0.6) is 0 Å². The molecular weight excluding hydrogens is 518 g/mol. The minimum absolute atomic E-state index is 0.0114. The average Bonchev–Trinajstić information content (AvgIpc) is 3.15. The first-order valence-electron chi connectivity index (χ1n) is 10.3. The fraction of sp³-hybridized carbons (Fsp3) is 0.200. The van der Waals surface area contributed by atoms with E-state index in [1.54, 1.807) is 0 Å². The topological polar surface area (TPSA) is 44.7 Å². The predicted octanol–water partition coefficient (Wildman–Crippen LogP) is 5.54. The van der Waals surface area contributed by atoms with Crippen LogP contribution in [-0.4, -0.2) is 33.5 Å². The Labute approximate surface area is 198 Å². The van der Waals surface area contributed by atoms with Crippen molar-refractivity contribution in [2.45, 2.75) is 29.5 Å². The molecule has 0 radical (unpaired) electrons. The Morgan fingerprint density at radius 2 is 1.68 bits per heavy atom. The fourth-order valence-electron chi connectivity index (χ4n) is 4.37. The standard InChI is InChI=1S/C25H21Br2N3O/c26-19-13-7-12-18(14-19)21-15-20(24(31)17-10-5-2-6-11-17)28-25-22(27)23(29-30(21)25)16-8-3-1-4-9-16/h1-14,20-22,25,28H,15H2. The van der Waals surface area contributed by atoms with Crippen LogP contribution in [0.25, 0.3) is 0 Å². The van der Waals surface area contributed by atoms with Crippen molar-refractivity contribution in [1.29, 1.82) is 0 Å². The number of carbonyl (C=O) groups is 1. The number of hydrogen-bond donors (Lipinski definition) is 1. The highest BCUT2D eigenvalue weighted by Gasteiger charge is 2.46. The first-order valence-corrected chi connectivity index (χ1v) is 12.0. The van der Waals surface area contributed by atoms with E-state index in [9.17, 15) is 4.79 Å². The van der Waals surface area contributed by atoms with Crippen LogP contribution in [0.4, 0.5) is 0 Å². The Morgan fingerprint density at radius 3 is 2.39 bits per heavy atom. The maximum absolute atomic E-state index is 13.3. The monoisotopic (exact) mass is 537 g/mol. The van der Waals surface area contributed by atoms with Gasteiger partial charge in [0.25, 0.3) is 0 Å². The van der Waals surface area contributed by atoms with Crippen molar-refractivity contribution in [3.8, 4) is 0 Å². The normalized spacial score (nSPS) is 25.1. The zero-order valence-corrected chi connectivity index (χ0v) is 19.8. The van der Waals surface area contributed by atoms with Gasteiger partial charge in [-0.25, -0.2) is 0 Å². The number of rotatable bonds is 4. The van der Waals surface area contributed by atoms with Crippen molar-refractivity contribution in [3.05, 3.63) is 106 Å². The van der Waals surface area contributed by atoms with Crippen LogP contribution >= 0.6 is 31.9 Å². The Bertz CT molecular complexity index is 1120. The van der Waals surface area contributed by atoms with E-state index in [0.717, 1.165) is 26.9 Å². The minimum atomic E-state index is -0.294. The molecule has 2 aliphatic heterocycles. The second kappa shape index (κ2) is 8.69. The molecule has 4 nitrogen and oxygen atoms in total. The van der Waals surface area contributed by atoms with Gasteiger partial charge < -0.3 is 0 Å². The highest BCUT2D eigenvalue weighted by Crippen LogP contribution is 2.39. The molecule has 3 aromatic rings. The molecule has 0 bridgehead atoms. The lowest BCUT2D eigenvalue weighted by atomic mass is 9.90. The molecule has 1 N–H and O–H groups in total.